The van der Waals surface area contributed by atoms with Gasteiger partial charge in [0.25, 0.3) is 0 Å². The first-order chi connectivity index (χ1) is 22.8. The third-order valence-corrected chi connectivity index (χ3v) is 9.70. The van der Waals surface area contributed by atoms with E-state index in [1.54, 1.807) is 32.9 Å². The number of carbonyl (C=O) groups is 5. The Kier molecular flexibility index (Phi) is 9.41. The average molecular weight is 668 g/mol. The molecule has 260 valence electrons. The number of hydrogen-bond donors (Lipinski definition) is 3. The van der Waals surface area contributed by atoms with Crippen LogP contribution in [0.4, 0.5) is 14.0 Å². The normalized spacial score (nSPS) is 29.7. The van der Waals surface area contributed by atoms with Crippen LogP contribution >= 0.6 is 0 Å². The molecule has 2 aliphatic carbocycles. The predicted octanol–water partition coefficient (Wildman–Crippen LogP) is 3.81. The summed E-state index contributed by atoms with van der Waals surface area (Å²) >= 11 is 0. The molecule has 1 aromatic carbocycles. The minimum Gasteiger partial charge on any atom is -0.444 e. The van der Waals surface area contributed by atoms with Crippen LogP contribution in [0.2, 0.25) is 0 Å². The third-order valence-electron chi connectivity index (χ3n) is 9.70. The summed E-state index contributed by atoms with van der Waals surface area (Å²) in [5, 5.41) is 8.75. The third kappa shape index (κ3) is 7.60. The molecule has 3 N–H and O–H groups in total. The summed E-state index contributed by atoms with van der Waals surface area (Å²) in [6.07, 6.45) is 7.44. The molecule has 1 saturated heterocycles. The van der Waals surface area contributed by atoms with Crippen molar-refractivity contribution in [1.29, 1.82) is 0 Å². The van der Waals surface area contributed by atoms with Crippen LogP contribution in [0.5, 0.6) is 0 Å². The van der Waals surface area contributed by atoms with Crippen LogP contribution in [0, 0.1) is 11.7 Å². The summed E-state index contributed by atoms with van der Waals surface area (Å²) in [5.41, 5.74) is -0.788. The van der Waals surface area contributed by atoms with Crippen molar-refractivity contribution in [3.63, 3.8) is 0 Å². The van der Waals surface area contributed by atoms with Gasteiger partial charge in [-0.25, -0.2) is 14.0 Å². The minimum atomic E-state index is -1.13. The number of halogens is 1. The van der Waals surface area contributed by atoms with Crippen molar-refractivity contribution in [1.82, 2.24) is 25.8 Å². The molecule has 3 aliphatic heterocycles. The molecule has 1 aromatic rings. The molecule has 0 spiro atoms. The Bertz CT molecular complexity index is 1490. The summed E-state index contributed by atoms with van der Waals surface area (Å²) < 4.78 is 25.7. The van der Waals surface area contributed by atoms with E-state index in [2.05, 4.69) is 16.0 Å². The molecule has 0 aromatic heterocycles. The maximum atomic E-state index is 14.4. The van der Waals surface area contributed by atoms with Crippen LogP contribution < -0.4 is 16.0 Å². The lowest BCUT2D eigenvalue weighted by molar-refractivity contribution is -0.141. The fraction of sp³-hybridized carbons (Fsp3) is 0.629. The summed E-state index contributed by atoms with van der Waals surface area (Å²) in [6, 6.07) is 2.75. The second-order valence-electron chi connectivity index (χ2n) is 14.8. The zero-order valence-electron chi connectivity index (χ0n) is 27.9. The number of allylic oxidation sites excluding steroid dienone is 1. The highest BCUT2D eigenvalue weighted by molar-refractivity contribution is 5.98. The zero-order chi connectivity index (χ0) is 34.2. The van der Waals surface area contributed by atoms with Gasteiger partial charge in [-0.05, 0) is 70.9 Å². The van der Waals surface area contributed by atoms with Gasteiger partial charge >= 0.3 is 12.2 Å². The van der Waals surface area contributed by atoms with Gasteiger partial charge < -0.3 is 30.3 Å². The fourth-order valence-electron chi connectivity index (χ4n) is 6.88. The van der Waals surface area contributed by atoms with Crippen molar-refractivity contribution in [3.8, 4) is 0 Å². The first-order valence-corrected chi connectivity index (χ1v) is 17.1. The highest BCUT2D eigenvalue weighted by atomic mass is 19.1. The number of benzene rings is 1. The van der Waals surface area contributed by atoms with Crippen molar-refractivity contribution in [2.75, 3.05) is 6.54 Å². The van der Waals surface area contributed by atoms with Gasteiger partial charge in [0.15, 0.2) is 0 Å². The second kappa shape index (κ2) is 13.4. The van der Waals surface area contributed by atoms with E-state index < -0.39 is 59.1 Å². The lowest BCUT2D eigenvalue weighted by Crippen LogP contribution is -2.58. The van der Waals surface area contributed by atoms with E-state index in [1.807, 2.05) is 12.2 Å². The van der Waals surface area contributed by atoms with E-state index in [-0.39, 0.29) is 43.9 Å². The Hall–Kier alpha value is -4.16. The lowest BCUT2D eigenvalue weighted by Gasteiger charge is -2.30. The number of nitrogens with one attached hydrogen (secondary N) is 3. The Balaban J connectivity index is 1.23. The molecule has 5 atom stereocenters. The van der Waals surface area contributed by atoms with Crippen molar-refractivity contribution >= 4 is 29.9 Å². The smallest absolute Gasteiger partial charge is 0.410 e. The summed E-state index contributed by atoms with van der Waals surface area (Å²) in [4.78, 5) is 70.7. The molecule has 3 heterocycles. The molecule has 0 radical (unpaired) electrons. The first-order valence-electron chi connectivity index (χ1n) is 17.1. The summed E-state index contributed by atoms with van der Waals surface area (Å²) in [7, 11) is 0. The van der Waals surface area contributed by atoms with Gasteiger partial charge in [0.05, 0.1) is 13.1 Å². The summed E-state index contributed by atoms with van der Waals surface area (Å²) in [5.74, 6) is -1.82. The molecule has 6 rings (SSSR count). The maximum Gasteiger partial charge on any atom is 0.410 e. The molecule has 5 aliphatic rings. The number of hydrogen-bond acceptors (Lipinski definition) is 7. The van der Waals surface area contributed by atoms with Gasteiger partial charge in [0, 0.05) is 30.5 Å². The van der Waals surface area contributed by atoms with E-state index in [0.717, 1.165) is 32.1 Å². The molecule has 3 fully saturated rings. The monoisotopic (exact) mass is 667 g/mol. The quantitative estimate of drug-likeness (QED) is 0.414. The highest BCUT2D eigenvalue weighted by Crippen LogP contribution is 2.46. The molecule has 2 saturated carbocycles. The SMILES string of the molecule is CC(C)(C)OC(=O)N[C@H]1CCCCC/C=C\[C@H]2C[C@@]2(C(=O)NC2CC2)NC(=O)[C@@H]2C[C@@H](OC(=O)N3Cc4cccc(F)c4C3)CN2C1=O. The molecule has 12 nitrogen and oxygen atoms in total. The van der Waals surface area contributed by atoms with Gasteiger partial charge in [-0.15, -0.1) is 0 Å². The molecule has 48 heavy (non-hydrogen) atoms. The molecular weight excluding hydrogens is 621 g/mol. The van der Waals surface area contributed by atoms with Crippen LogP contribution in [-0.2, 0) is 36.9 Å². The number of fused-ring (bicyclic) bond motifs is 3. The van der Waals surface area contributed by atoms with E-state index in [9.17, 15) is 28.4 Å². The topological polar surface area (TPSA) is 146 Å². The molecule has 5 amide bonds. The molecule has 0 bridgehead atoms. The Labute approximate surface area is 280 Å². The Morgan fingerprint density at radius 2 is 1.83 bits per heavy atom. The number of amides is 5. The second-order valence-corrected chi connectivity index (χ2v) is 14.8. The van der Waals surface area contributed by atoms with Crippen LogP contribution in [-0.4, -0.2) is 81.6 Å². The van der Waals surface area contributed by atoms with E-state index >= 15 is 0 Å². The largest absolute Gasteiger partial charge is 0.444 e. The average Bonchev–Trinajstić information content (AvgIpc) is 3.86. The minimum absolute atomic E-state index is 0.00154. The standard InChI is InChI=1S/C35H46FN5O7/c1-34(2,3)48-32(45)38-27-13-8-6-4-5-7-11-22-17-35(22,31(44)37-23-14-15-23)39-29(42)28-16-24(19-41(28)30(27)43)47-33(46)40-18-21-10-9-12-26(36)25(21)20-40/h7,9-12,22-24,27-28H,4-6,8,13-20H2,1-3H3,(H,37,44)(H,38,45)(H,39,42)/b11-7-/t22-,24+,27-,28-,35+/m0/s1. The molecule has 13 heteroatoms. The van der Waals surface area contributed by atoms with E-state index in [0.29, 0.717) is 30.4 Å². The highest BCUT2D eigenvalue weighted by Gasteiger charge is 2.61. The van der Waals surface area contributed by atoms with Crippen LogP contribution in [0.3, 0.4) is 0 Å². The Morgan fingerprint density at radius 1 is 1.04 bits per heavy atom. The number of ether oxygens (including phenoxy) is 2. The Morgan fingerprint density at radius 3 is 2.56 bits per heavy atom. The molecular formula is C35H46FN5O7. The number of alkyl carbamates (subject to hydrolysis) is 1. The first kappa shape index (κ1) is 33.7. The number of rotatable bonds is 4. The van der Waals surface area contributed by atoms with Crippen molar-refractivity contribution in [3.05, 3.63) is 47.3 Å². The predicted molar refractivity (Wildman–Crippen MR) is 172 cm³/mol. The van der Waals surface area contributed by atoms with Gasteiger partial charge in [-0.1, -0.05) is 37.1 Å². The van der Waals surface area contributed by atoms with Gasteiger partial charge in [-0.2, -0.15) is 0 Å². The fourth-order valence-corrected chi connectivity index (χ4v) is 6.88. The van der Waals surface area contributed by atoms with Gasteiger partial charge in [0.1, 0.15) is 35.1 Å². The van der Waals surface area contributed by atoms with E-state index in [4.69, 9.17) is 9.47 Å². The summed E-state index contributed by atoms with van der Waals surface area (Å²) in [6.45, 7) is 5.33. The van der Waals surface area contributed by atoms with Crippen molar-refractivity contribution in [2.45, 2.75) is 127 Å². The lowest BCUT2D eigenvalue weighted by atomic mass is 10.0. The number of carbonyl (C=O) groups excluding carboxylic acids is 5. The van der Waals surface area contributed by atoms with Crippen molar-refractivity contribution in [2.24, 2.45) is 5.92 Å². The van der Waals surface area contributed by atoms with Gasteiger partial charge in [-0.3, -0.25) is 19.3 Å². The van der Waals surface area contributed by atoms with Gasteiger partial charge in [0.2, 0.25) is 17.7 Å². The molecule has 0 unspecified atom stereocenters. The van der Waals surface area contributed by atoms with Crippen LogP contribution in [0.25, 0.3) is 0 Å². The van der Waals surface area contributed by atoms with Crippen LogP contribution in [0.1, 0.15) is 89.7 Å². The van der Waals surface area contributed by atoms with Crippen LogP contribution in [0.15, 0.2) is 30.4 Å². The zero-order valence-corrected chi connectivity index (χ0v) is 27.9. The van der Waals surface area contributed by atoms with E-state index in [1.165, 1.54) is 15.9 Å². The van der Waals surface area contributed by atoms with Crippen molar-refractivity contribution < 1.29 is 37.8 Å². The number of nitrogens with zero attached hydrogens (tertiary/aromatic N) is 2. The maximum absolute atomic E-state index is 14.4.